The Morgan fingerprint density at radius 2 is 1.76 bits per heavy atom. The van der Waals surface area contributed by atoms with Gasteiger partial charge in [0.1, 0.15) is 11.5 Å². The number of carbonyl (C=O) groups is 1. The summed E-state index contributed by atoms with van der Waals surface area (Å²) < 4.78 is 11.0. The Bertz CT molecular complexity index is 1110. The van der Waals surface area contributed by atoms with Gasteiger partial charge in [-0.15, -0.1) is 0 Å². The van der Waals surface area contributed by atoms with Gasteiger partial charge in [0, 0.05) is 21.8 Å². The van der Waals surface area contributed by atoms with Crippen molar-refractivity contribution < 1.29 is 13.7 Å². The van der Waals surface area contributed by atoms with Crippen molar-refractivity contribution in [1.82, 2.24) is 5.16 Å². The lowest BCUT2D eigenvalue weighted by molar-refractivity contribution is 0.0995. The predicted octanol–water partition coefficient (Wildman–Crippen LogP) is 5.88. The second kappa shape index (κ2) is 8.41. The molecule has 0 saturated carbocycles. The molecule has 0 atom stereocenters. The van der Waals surface area contributed by atoms with Crippen molar-refractivity contribution in [3.05, 3.63) is 95.3 Å². The van der Waals surface area contributed by atoms with Gasteiger partial charge in [0.2, 0.25) is 0 Å². The summed E-state index contributed by atoms with van der Waals surface area (Å²) in [7, 11) is 0. The number of anilines is 1. The van der Waals surface area contributed by atoms with E-state index in [1.807, 2.05) is 74.5 Å². The number of aromatic nitrogens is 1. The van der Waals surface area contributed by atoms with Crippen LogP contribution in [-0.4, -0.2) is 11.1 Å². The van der Waals surface area contributed by atoms with Crippen LogP contribution in [0.2, 0.25) is 0 Å². The Morgan fingerprint density at radius 3 is 2.52 bits per heavy atom. The fourth-order valence-corrected chi connectivity index (χ4v) is 3.90. The fraction of sp³-hybridized carbons (Fsp3) is 0.130. The Labute approximate surface area is 173 Å². The molecule has 2 heterocycles. The van der Waals surface area contributed by atoms with E-state index in [9.17, 15) is 4.79 Å². The highest BCUT2D eigenvalue weighted by molar-refractivity contribution is 7.99. The number of rotatable bonds is 6. The second-order valence-electron chi connectivity index (χ2n) is 6.61. The molecule has 29 heavy (non-hydrogen) atoms. The number of benzene rings is 2. The largest absolute Gasteiger partial charge is 0.456 e. The number of hydrogen-bond donors (Lipinski definition) is 1. The topological polar surface area (TPSA) is 68.3 Å². The van der Waals surface area contributed by atoms with Crippen LogP contribution < -0.4 is 5.32 Å². The van der Waals surface area contributed by atoms with E-state index in [1.54, 1.807) is 17.8 Å². The maximum atomic E-state index is 12.7. The first kappa shape index (κ1) is 19.1. The van der Waals surface area contributed by atoms with Crippen molar-refractivity contribution in [2.45, 2.75) is 30.1 Å². The fourth-order valence-electron chi connectivity index (χ4n) is 2.98. The van der Waals surface area contributed by atoms with Gasteiger partial charge in [0.15, 0.2) is 5.76 Å². The minimum absolute atomic E-state index is 0.270. The smallest absolute Gasteiger partial charge is 0.291 e. The van der Waals surface area contributed by atoms with Crippen LogP contribution in [0.15, 0.2) is 85.5 Å². The van der Waals surface area contributed by atoms with Gasteiger partial charge in [-0.2, -0.15) is 0 Å². The monoisotopic (exact) mass is 404 g/mol. The lowest BCUT2D eigenvalue weighted by Crippen LogP contribution is -2.11. The van der Waals surface area contributed by atoms with Crippen molar-refractivity contribution in [3.8, 4) is 0 Å². The highest BCUT2D eigenvalue weighted by Crippen LogP contribution is 2.33. The molecule has 6 heteroatoms. The van der Waals surface area contributed by atoms with Crippen LogP contribution >= 0.6 is 11.8 Å². The molecule has 5 nitrogen and oxygen atoms in total. The first-order valence-electron chi connectivity index (χ1n) is 9.24. The summed E-state index contributed by atoms with van der Waals surface area (Å²) in [6.45, 7) is 3.76. The van der Waals surface area contributed by atoms with Crippen molar-refractivity contribution in [3.63, 3.8) is 0 Å². The van der Waals surface area contributed by atoms with Crippen LogP contribution in [0.3, 0.4) is 0 Å². The molecule has 0 aliphatic heterocycles. The standard InChI is InChI=1S/C23H20N2O3S/c1-15-19(16(2)28-25-15)14-17-12-13-21(27-17)23(26)24-20-10-6-7-11-22(20)29-18-8-4-3-5-9-18/h3-13H,14H2,1-2H3,(H,24,26). The highest BCUT2D eigenvalue weighted by atomic mass is 32.2. The summed E-state index contributed by atoms with van der Waals surface area (Å²) in [4.78, 5) is 14.8. The molecule has 4 aromatic rings. The first-order valence-corrected chi connectivity index (χ1v) is 10.1. The first-order chi connectivity index (χ1) is 14.1. The molecular weight excluding hydrogens is 384 g/mol. The van der Waals surface area contributed by atoms with Gasteiger partial charge >= 0.3 is 0 Å². The predicted molar refractivity (Wildman–Crippen MR) is 112 cm³/mol. The zero-order valence-electron chi connectivity index (χ0n) is 16.1. The zero-order chi connectivity index (χ0) is 20.2. The number of nitrogens with one attached hydrogen (secondary N) is 1. The molecular formula is C23H20N2O3S. The third kappa shape index (κ3) is 4.43. The number of carbonyl (C=O) groups excluding carboxylic acids is 1. The average Bonchev–Trinajstić information content (AvgIpc) is 3.33. The van der Waals surface area contributed by atoms with Gasteiger partial charge in [-0.05, 0) is 50.2 Å². The second-order valence-corrected chi connectivity index (χ2v) is 7.73. The average molecular weight is 404 g/mol. The van der Waals surface area contributed by atoms with Gasteiger partial charge in [-0.3, -0.25) is 4.79 Å². The summed E-state index contributed by atoms with van der Waals surface area (Å²) in [5.74, 6) is 1.44. The number of para-hydroxylation sites is 1. The van der Waals surface area contributed by atoms with E-state index in [0.29, 0.717) is 12.2 Å². The number of furan rings is 1. The Hall–Kier alpha value is -3.25. The normalized spacial score (nSPS) is 10.8. The number of hydrogen-bond acceptors (Lipinski definition) is 5. The Kier molecular flexibility index (Phi) is 5.53. The molecule has 4 rings (SSSR count). The van der Waals surface area contributed by atoms with Gasteiger partial charge < -0.3 is 14.3 Å². The zero-order valence-corrected chi connectivity index (χ0v) is 17.0. The quantitative estimate of drug-likeness (QED) is 0.435. The molecule has 0 fully saturated rings. The van der Waals surface area contributed by atoms with Crippen molar-refractivity contribution >= 4 is 23.4 Å². The molecule has 0 unspecified atom stereocenters. The van der Waals surface area contributed by atoms with E-state index in [0.717, 1.165) is 32.5 Å². The maximum absolute atomic E-state index is 12.7. The van der Waals surface area contributed by atoms with E-state index in [2.05, 4.69) is 10.5 Å². The molecule has 0 aliphatic carbocycles. The molecule has 1 N–H and O–H groups in total. The minimum atomic E-state index is -0.281. The van der Waals surface area contributed by atoms with Crippen molar-refractivity contribution in [1.29, 1.82) is 0 Å². The highest BCUT2D eigenvalue weighted by Gasteiger charge is 2.16. The molecule has 1 amide bonds. The minimum Gasteiger partial charge on any atom is -0.456 e. The van der Waals surface area contributed by atoms with Gasteiger partial charge in [0.05, 0.1) is 11.4 Å². The van der Waals surface area contributed by atoms with E-state index in [1.165, 1.54) is 0 Å². The molecule has 2 aromatic heterocycles. The summed E-state index contributed by atoms with van der Waals surface area (Å²) >= 11 is 1.60. The Balaban J connectivity index is 1.48. The Morgan fingerprint density at radius 1 is 1.00 bits per heavy atom. The molecule has 0 bridgehead atoms. The van der Waals surface area contributed by atoms with Crippen LogP contribution in [-0.2, 0) is 6.42 Å². The van der Waals surface area contributed by atoms with E-state index >= 15 is 0 Å². The molecule has 0 aliphatic rings. The van der Waals surface area contributed by atoms with Crippen LogP contribution in [0.5, 0.6) is 0 Å². The van der Waals surface area contributed by atoms with Gasteiger partial charge in [-0.1, -0.05) is 47.3 Å². The lowest BCUT2D eigenvalue weighted by Gasteiger charge is -2.10. The maximum Gasteiger partial charge on any atom is 0.291 e. The lowest BCUT2D eigenvalue weighted by atomic mass is 10.1. The number of nitrogens with zero attached hydrogens (tertiary/aromatic N) is 1. The molecule has 0 saturated heterocycles. The van der Waals surface area contributed by atoms with Crippen LogP contribution in [0.25, 0.3) is 0 Å². The third-order valence-corrected chi connectivity index (χ3v) is 5.61. The molecule has 2 aromatic carbocycles. The molecule has 0 radical (unpaired) electrons. The number of amides is 1. The van der Waals surface area contributed by atoms with E-state index in [-0.39, 0.29) is 11.7 Å². The SMILES string of the molecule is Cc1noc(C)c1Cc1ccc(C(=O)Nc2ccccc2Sc2ccccc2)o1. The van der Waals surface area contributed by atoms with Gasteiger partial charge in [0.25, 0.3) is 5.91 Å². The molecule has 146 valence electrons. The van der Waals surface area contributed by atoms with Gasteiger partial charge in [-0.25, -0.2) is 0 Å². The van der Waals surface area contributed by atoms with Crippen LogP contribution in [0, 0.1) is 13.8 Å². The third-order valence-electron chi connectivity index (χ3n) is 4.52. The van der Waals surface area contributed by atoms with Crippen LogP contribution in [0.1, 0.15) is 33.3 Å². The summed E-state index contributed by atoms with van der Waals surface area (Å²) in [6, 6.07) is 21.3. The number of aryl methyl sites for hydroxylation is 2. The summed E-state index contributed by atoms with van der Waals surface area (Å²) in [5, 5.41) is 6.91. The summed E-state index contributed by atoms with van der Waals surface area (Å²) in [6.07, 6.45) is 0.537. The van der Waals surface area contributed by atoms with Crippen LogP contribution in [0.4, 0.5) is 5.69 Å². The van der Waals surface area contributed by atoms with Crippen molar-refractivity contribution in [2.75, 3.05) is 5.32 Å². The molecule has 0 spiro atoms. The van der Waals surface area contributed by atoms with E-state index in [4.69, 9.17) is 8.94 Å². The van der Waals surface area contributed by atoms with Crippen molar-refractivity contribution in [2.24, 2.45) is 0 Å². The van der Waals surface area contributed by atoms with E-state index < -0.39 is 0 Å². The summed E-state index contributed by atoms with van der Waals surface area (Å²) in [5.41, 5.74) is 2.56.